The Bertz CT molecular complexity index is 965. The van der Waals surface area contributed by atoms with E-state index < -0.39 is 0 Å². The molecule has 30 heavy (non-hydrogen) atoms. The first-order valence-electron chi connectivity index (χ1n) is 9.99. The van der Waals surface area contributed by atoms with E-state index in [2.05, 4.69) is 20.2 Å². The van der Waals surface area contributed by atoms with Gasteiger partial charge in [0.05, 0.1) is 5.92 Å². The number of nitrogens with zero attached hydrogens (tertiary/aromatic N) is 3. The second-order valence-electron chi connectivity index (χ2n) is 7.25. The van der Waals surface area contributed by atoms with Crippen LogP contribution in [0.4, 0.5) is 10.3 Å². The van der Waals surface area contributed by atoms with Crippen molar-refractivity contribution in [3.05, 3.63) is 78.4 Å². The average molecular weight is 406 g/mol. The molecular weight excluding hydrogens is 383 g/mol. The number of aromatic nitrogens is 2. The van der Waals surface area contributed by atoms with Crippen molar-refractivity contribution in [2.45, 2.75) is 19.4 Å². The van der Waals surface area contributed by atoms with Gasteiger partial charge in [-0.1, -0.05) is 12.1 Å². The fraction of sp³-hybridized carbons (Fsp3) is 0.261. The Balaban J connectivity index is 1.28. The van der Waals surface area contributed by atoms with Gasteiger partial charge < -0.3 is 15.0 Å². The summed E-state index contributed by atoms with van der Waals surface area (Å²) in [5.41, 5.74) is 0.980. The van der Waals surface area contributed by atoms with Crippen LogP contribution in [0.15, 0.2) is 67.0 Å². The van der Waals surface area contributed by atoms with Crippen LogP contribution in [0.1, 0.15) is 18.4 Å². The van der Waals surface area contributed by atoms with Gasteiger partial charge >= 0.3 is 0 Å². The molecule has 7 heteroatoms. The summed E-state index contributed by atoms with van der Waals surface area (Å²) < 4.78 is 18.7. The fourth-order valence-corrected chi connectivity index (χ4v) is 3.47. The minimum atomic E-state index is -0.300. The highest BCUT2D eigenvalue weighted by Gasteiger charge is 2.26. The van der Waals surface area contributed by atoms with Crippen molar-refractivity contribution in [1.29, 1.82) is 0 Å². The highest BCUT2D eigenvalue weighted by Crippen LogP contribution is 2.23. The number of carbonyl (C=O) groups excluding carboxylic acids is 1. The summed E-state index contributed by atoms with van der Waals surface area (Å²) in [5.74, 6) is 1.56. The molecule has 0 spiro atoms. The first kappa shape index (κ1) is 19.8. The molecule has 1 atom stereocenters. The molecule has 1 aromatic heterocycles. The van der Waals surface area contributed by atoms with Crippen LogP contribution in [0.2, 0.25) is 0 Å². The molecule has 1 aliphatic rings. The van der Waals surface area contributed by atoms with Crippen molar-refractivity contribution in [2.75, 3.05) is 18.0 Å². The number of piperidine rings is 1. The molecule has 4 rings (SSSR count). The Morgan fingerprint density at radius 1 is 1.07 bits per heavy atom. The number of halogens is 1. The lowest BCUT2D eigenvalue weighted by Crippen LogP contribution is -2.43. The zero-order valence-corrected chi connectivity index (χ0v) is 16.5. The third-order valence-corrected chi connectivity index (χ3v) is 5.07. The van der Waals surface area contributed by atoms with Gasteiger partial charge in [-0.15, -0.1) is 0 Å². The molecule has 1 N–H and O–H groups in total. The van der Waals surface area contributed by atoms with Crippen molar-refractivity contribution in [3.63, 3.8) is 0 Å². The summed E-state index contributed by atoms with van der Waals surface area (Å²) in [7, 11) is 0. The summed E-state index contributed by atoms with van der Waals surface area (Å²) in [4.78, 5) is 23.3. The largest absolute Gasteiger partial charge is 0.457 e. The van der Waals surface area contributed by atoms with Crippen molar-refractivity contribution in [2.24, 2.45) is 5.92 Å². The van der Waals surface area contributed by atoms with Crippen molar-refractivity contribution in [3.8, 4) is 11.5 Å². The van der Waals surface area contributed by atoms with E-state index in [-0.39, 0.29) is 17.6 Å². The second kappa shape index (κ2) is 9.35. The predicted molar refractivity (Wildman–Crippen MR) is 112 cm³/mol. The van der Waals surface area contributed by atoms with Gasteiger partial charge in [0.15, 0.2) is 0 Å². The highest BCUT2D eigenvalue weighted by atomic mass is 19.1. The van der Waals surface area contributed by atoms with Crippen molar-refractivity contribution >= 4 is 11.9 Å². The van der Waals surface area contributed by atoms with Crippen molar-refractivity contribution < 1.29 is 13.9 Å². The first-order chi connectivity index (χ1) is 14.7. The Labute approximate surface area is 174 Å². The minimum Gasteiger partial charge on any atom is -0.457 e. The van der Waals surface area contributed by atoms with Gasteiger partial charge in [0.1, 0.15) is 17.3 Å². The zero-order valence-electron chi connectivity index (χ0n) is 16.5. The van der Waals surface area contributed by atoms with Crippen LogP contribution >= 0.6 is 0 Å². The second-order valence-corrected chi connectivity index (χ2v) is 7.25. The summed E-state index contributed by atoms with van der Waals surface area (Å²) in [6.07, 6.45) is 5.23. The summed E-state index contributed by atoms with van der Waals surface area (Å²) >= 11 is 0. The lowest BCUT2D eigenvalue weighted by Gasteiger charge is -2.31. The van der Waals surface area contributed by atoms with E-state index in [1.807, 2.05) is 24.3 Å². The van der Waals surface area contributed by atoms with E-state index >= 15 is 0 Å². The Hall–Kier alpha value is -3.48. The number of carbonyl (C=O) groups is 1. The van der Waals surface area contributed by atoms with E-state index in [1.54, 1.807) is 30.6 Å². The van der Waals surface area contributed by atoms with Crippen LogP contribution in [0.3, 0.4) is 0 Å². The van der Waals surface area contributed by atoms with Gasteiger partial charge in [0, 0.05) is 32.0 Å². The van der Waals surface area contributed by atoms with E-state index in [0.29, 0.717) is 30.5 Å². The molecule has 2 aromatic carbocycles. The normalized spacial score (nSPS) is 16.2. The van der Waals surface area contributed by atoms with Gasteiger partial charge in [-0.2, -0.15) is 0 Å². The molecule has 0 bridgehead atoms. The maximum atomic E-state index is 13.0. The molecule has 1 aliphatic heterocycles. The molecule has 154 valence electrons. The molecule has 6 nitrogen and oxygen atoms in total. The predicted octanol–water partition coefficient (Wildman–Crippen LogP) is 3.94. The molecule has 2 heterocycles. The zero-order chi connectivity index (χ0) is 20.8. The van der Waals surface area contributed by atoms with E-state index in [4.69, 9.17) is 4.74 Å². The average Bonchev–Trinajstić information content (AvgIpc) is 2.80. The number of rotatable bonds is 6. The van der Waals surface area contributed by atoms with Crippen LogP contribution in [-0.4, -0.2) is 29.0 Å². The fourth-order valence-electron chi connectivity index (χ4n) is 3.47. The molecule has 1 unspecified atom stereocenters. The topological polar surface area (TPSA) is 67.3 Å². The summed E-state index contributed by atoms with van der Waals surface area (Å²) in [6.45, 7) is 1.94. The number of ether oxygens (including phenoxy) is 1. The smallest absolute Gasteiger partial charge is 0.225 e. The standard InChI is InChI=1S/C23H23FN4O2/c24-19-6-10-21(11-7-19)30-20-8-4-17(5-9-20)15-27-22(29)18-3-1-14-28(16-18)23-25-12-2-13-26-23/h2,4-13,18H,1,3,14-16H2,(H,27,29). The van der Waals surface area contributed by atoms with Crippen LogP contribution in [-0.2, 0) is 11.3 Å². The SMILES string of the molecule is O=C(NCc1ccc(Oc2ccc(F)cc2)cc1)C1CCCN(c2ncccn2)C1. The van der Waals surface area contributed by atoms with Crippen LogP contribution in [0.25, 0.3) is 0 Å². The number of benzene rings is 2. The summed E-state index contributed by atoms with van der Waals surface area (Å²) in [5, 5.41) is 3.03. The van der Waals surface area contributed by atoms with Gasteiger partial charge in [-0.25, -0.2) is 14.4 Å². The third kappa shape index (κ3) is 5.11. The monoisotopic (exact) mass is 406 g/mol. The van der Waals surface area contributed by atoms with Gasteiger partial charge in [-0.05, 0) is 60.9 Å². The number of nitrogens with one attached hydrogen (secondary N) is 1. The van der Waals surface area contributed by atoms with Gasteiger partial charge in [-0.3, -0.25) is 4.79 Å². The molecule has 1 fully saturated rings. The number of hydrogen-bond acceptors (Lipinski definition) is 5. The molecule has 1 amide bonds. The third-order valence-electron chi connectivity index (χ3n) is 5.07. The Kier molecular flexibility index (Phi) is 6.17. The van der Waals surface area contributed by atoms with Gasteiger partial charge in [0.25, 0.3) is 0 Å². The maximum absolute atomic E-state index is 13.0. The van der Waals surface area contributed by atoms with Crippen LogP contribution in [0, 0.1) is 11.7 Å². The number of anilines is 1. The molecule has 1 saturated heterocycles. The highest BCUT2D eigenvalue weighted by molar-refractivity contribution is 5.79. The molecule has 0 saturated carbocycles. The minimum absolute atomic E-state index is 0.0438. The number of hydrogen-bond donors (Lipinski definition) is 1. The Morgan fingerprint density at radius 2 is 1.73 bits per heavy atom. The van der Waals surface area contributed by atoms with Gasteiger partial charge in [0.2, 0.25) is 11.9 Å². The van der Waals surface area contributed by atoms with Crippen LogP contribution < -0.4 is 15.0 Å². The Morgan fingerprint density at radius 3 is 2.43 bits per heavy atom. The molecule has 0 radical (unpaired) electrons. The van der Waals surface area contributed by atoms with Crippen molar-refractivity contribution in [1.82, 2.24) is 15.3 Å². The first-order valence-corrected chi connectivity index (χ1v) is 9.99. The lowest BCUT2D eigenvalue weighted by molar-refractivity contribution is -0.125. The molecule has 0 aliphatic carbocycles. The maximum Gasteiger partial charge on any atom is 0.225 e. The molecular formula is C23H23FN4O2. The summed E-state index contributed by atoms with van der Waals surface area (Å²) in [6, 6.07) is 15.1. The van der Waals surface area contributed by atoms with E-state index in [1.165, 1.54) is 12.1 Å². The number of amides is 1. The van der Waals surface area contributed by atoms with E-state index in [0.717, 1.165) is 24.9 Å². The van der Waals surface area contributed by atoms with E-state index in [9.17, 15) is 9.18 Å². The van der Waals surface area contributed by atoms with Crippen LogP contribution in [0.5, 0.6) is 11.5 Å². The lowest BCUT2D eigenvalue weighted by atomic mass is 9.97. The molecule has 3 aromatic rings. The quantitative estimate of drug-likeness (QED) is 0.672.